The molecule has 74 heavy (non-hydrogen) atoms. The van der Waals surface area contributed by atoms with Gasteiger partial charge in [0.2, 0.25) is 0 Å². The third-order valence-electron chi connectivity index (χ3n) is 15.8. The standard InChI is InChI=1S/C72H48N2/c1-7-29-59-47(17-1)23-15-31-61(59)49-25-13-27-55(41-49)71-63-39-37-58(74-69-35-11-5-21-53(69)44-54-22-6-12-36-70(54)74)46-66(63)72(56-28-14-26-50(42-56)62-32-16-24-48-18-2-8-30-60(48)62)64-40-38-57(45-65(64)71)73-67-33-9-3-19-51(67)43-52-20-4-10-34-68(52)73/h1-42,45-46H,43-44H2. The smallest absolute Gasteiger partial charge is 0.0497 e. The topological polar surface area (TPSA) is 6.48 Å². The lowest BCUT2D eigenvalue weighted by Crippen LogP contribution is -2.18. The predicted molar refractivity (Wildman–Crippen MR) is 313 cm³/mol. The summed E-state index contributed by atoms with van der Waals surface area (Å²) >= 11 is 0. The van der Waals surface area contributed by atoms with Gasteiger partial charge >= 0.3 is 0 Å². The minimum absolute atomic E-state index is 0.902. The number of nitrogens with zero attached hydrogens (tertiary/aromatic N) is 2. The Hall–Kier alpha value is -9.50. The molecule has 0 saturated heterocycles. The van der Waals surface area contributed by atoms with E-state index < -0.39 is 0 Å². The van der Waals surface area contributed by atoms with Crippen molar-refractivity contribution in [2.75, 3.05) is 9.80 Å². The van der Waals surface area contributed by atoms with E-state index in [1.807, 2.05) is 0 Å². The van der Waals surface area contributed by atoms with E-state index in [-0.39, 0.29) is 0 Å². The van der Waals surface area contributed by atoms with E-state index in [1.165, 1.54) is 133 Å². The van der Waals surface area contributed by atoms with Crippen LogP contribution >= 0.6 is 0 Å². The molecule has 0 aromatic heterocycles. The van der Waals surface area contributed by atoms with Crippen molar-refractivity contribution < 1.29 is 0 Å². The minimum atomic E-state index is 0.902. The van der Waals surface area contributed by atoms with Crippen LogP contribution in [0.5, 0.6) is 0 Å². The Morgan fingerprint density at radius 3 is 0.986 bits per heavy atom. The maximum absolute atomic E-state index is 2.49. The Labute approximate surface area is 431 Å². The van der Waals surface area contributed by atoms with Crippen LogP contribution in [0.3, 0.4) is 0 Å². The van der Waals surface area contributed by atoms with E-state index in [2.05, 4.69) is 277 Å². The third kappa shape index (κ3) is 6.80. The predicted octanol–water partition coefficient (Wildman–Crippen LogP) is 19.7. The number of hydrogen-bond acceptors (Lipinski definition) is 2. The lowest BCUT2D eigenvalue weighted by molar-refractivity contribution is 1.09. The summed E-state index contributed by atoms with van der Waals surface area (Å²) in [4.78, 5) is 4.98. The van der Waals surface area contributed by atoms with Crippen LogP contribution in [0.4, 0.5) is 34.1 Å². The van der Waals surface area contributed by atoms with Crippen molar-refractivity contribution in [2.24, 2.45) is 0 Å². The Balaban J connectivity index is 1.05. The molecule has 2 nitrogen and oxygen atoms in total. The van der Waals surface area contributed by atoms with Gasteiger partial charge in [-0.25, -0.2) is 0 Å². The van der Waals surface area contributed by atoms with Crippen LogP contribution in [0.25, 0.3) is 87.6 Å². The minimum Gasteiger partial charge on any atom is -0.310 e. The first-order chi connectivity index (χ1) is 36.7. The normalized spacial score (nSPS) is 12.7. The van der Waals surface area contributed by atoms with Crippen molar-refractivity contribution in [1.29, 1.82) is 0 Å². The number of hydrogen-bond donors (Lipinski definition) is 0. The van der Waals surface area contributed by atoms with Crippen LogP contribution in [-0.4, -0.2) is 0 Å². The summed E-state index contributed by atoms with van der Waals surface area (Å²) in [5.41, 5.74) is 22.1. The number of benzene rings is 13. The molecule has 0 N–H and O–H groups in total. The van der Waals surface area contributed by atoms with Gasteiger partial charge in [0.25, 0.3) is 0 Å². The maximum atomic E-state index is 2.49. The summed E-state index contributed by atoms with van der Waals surface area (Å²) in [5, 5.41) is 9.80. The molecule has 0 unspecified atom stereocenters. The van der Waals surface area contributed by atoms with Gasteiger partial charge in [-0.1, -0.05) is 206 Å². The molecule has 2 heteroatoms. The van der Waals surface area contributed by atoms with Gasteiger partial charge in [0.1, 0.15) is 0 Å². The molecule has 0 radical (unpaired) electrons. The van der Waals surface area contributed by atoms with E-state index in [9.17, 15) is 0 Å². The van der Waals surface area contributed by atoms with E-state index in [0.29, 0.717) is 0 Å². The zero-order chi connectivity index (χ0) is 48.7. The van der Waals surface area contributed by atoms with Gasteiger partial charge in [-0.3, -0.25) is 0 Å². The molecule has 2 aliphatic rings. The highest BCUT2D eigenvalue weighted by Gasteiger charge is 2.28. The Morgan fingerprint density at radius 2 is 0.568 bits per heavy atom. The zero-order valence-corrected chi connectivity index (χ0v) is 40.7. The maximum Gasteiger partial charge on any atom is 0.0497 e. The van der Waals surface area contributed by atoms with Crippen molar-refractivity contribution in [3.05, 3.63) is 289 Å². The molecular weight excluding hydrogens is 893 g/mol. The van der Waals surface area contributed by atoms with E-state index in [4.69, 9.17) is 0 Å². The lowest BCUT2D eigenvalue weighted by atomic mass is 9.83. The van der Waals surface area contributed by atoms with Gasteiger partial charge in [-0.2, -0.15) is 0 Å². The van der Waals surface area contributed by atoms with Crippen LogP contribution in [-0.2, 0) is 12.8 Å². The summed E-state index contributed by atoms with van der Waals surface area (Å²) < 4.78 is 0. The third-order valence-corrected chi connectivity index (χ3v) is 15.8. The highest BCUT2D eigenvalue weighted by atomic mass is 15.2. The molecule has 0 aliphatic carbocycles. The second-order valence-corrected chi connectivity index (χ2v) is 20.0. The monoisotopic (exact) mass is 940 g/mol. The molecule has 2 heterocycles. The average Bonchev–Trinajstić information content (AvgIpc) is 3.47. The Bertz CT molecular complexity index is 4020. The molecular formula is C72H48N2. The SMILES string of the molecule is c1cc(-c2cccc3ccccc23)cc(-c2c3ccc(N4c5ccccc5Cc5ccccc54)cc3c(-c3cccc(-c4cccc5ccccc45)c3)c3ccc(N4c5ccccc5Cc5ccccc54)cc23)c1. The summed E-state index contributed by atoms with van der Waals surface area (Å²) in [6.45, 7) is 0. The van der Waals surface area contributed by atoms with Crippen molar-refractivity contribution in [1.82, 2.24) is 0 Å². The summed E-state index contributed by atoms with van der Waals surface area (Å²) in [6.07, 6.45) is 1.80. The van der Waals surface area contributed by atoms with Gasteiger partial charge in [0.15, 0.2) is 0 Å². The summed E-state index contributed by atoms with van der Waals surface area (Å²) in [6, 6.07) is 99.6. The molecule has 346 valence electrons. The number of fused-ring (bicyclic) bond motifs is 8. The zero-order valence-electron chi connectivity index (χ0n) is 40.7. The average molecular weight is 941 g/mol. The molecule has 13 aromatic rings. The Morgan fingerprint density at radius 1 is 0.230 bits per heavy atom. The highest BCUT2D eigenvalue weighted by Crippen LogP contribution is 2.52. The second kappa shape index (κ2) is 17.1. The van der Waals surface area contributed by atoms with Crippen LogP contribution in [0.2, 0.25) is 0 Å². The van der Waals surface area contributed by atoms with Crippen molar-refractivity contribution in [2.45, 2.75) is 12.8 Å². The van der Waals surface area contributed by atoms with Crippen molar-refractivity contribution >= 4 is 77.2 Å². The molecule has 2 aliphatic heterocycles. The molecule has 0 saturated carbocycles. The van der Waals surface area contributed by atoms with Crippen LogP contribution in [0, 0.1) is 0 Å². The summed E-state index contributed by atoms with van der Waals surface area (Å²) in [5.74, 6) is 0. The highest BCUT2D eigenvalue weighted by molar-refractivity contribution is 6.23. The van der Waals surface area contributed by atoms with E-state index >= 15 is 0 Å². The Kier molecular flexibility index (Phi) is 9.74. The fraction of sp³-hybridized carbons (Fsp3) is 0.0278. The molecule has 0 atom stereocenters. The largest absolute Gasteiger partial charge is 0.310 e. The molecule has 0 bridgehead atoms. The van der Waals surface area contributed by atoms with Gasteiger partial charge in [-0.15, -0.1) is 0 Å². The molecule has 0 amide bonds. The molecule has 0 spiro atoms. The quantitative estimate of drug-likeness (QED) is 0.153. The molecule has 15 rings (SSSR count). The number of para-hydroxylation sites is 4. The van der Waals surface area contributed by atoms with Crippen LogP contribution < -0.4 is 9.80 Å². The van der Waals surface area contributed by atoms with Crippen LogP contribution in [0.15, 0.2) is 267 Å². The molecule has 0 fully saturated rings. The second-order valence-electron chi connectivity index (χ2n) is 20.0. The van der Waals surface area contributed by atoms with Gasteiger partial charge < -0.3 is 9.80 Å². The first-order valence-electron chi connectivity index (χ1n) is 25.8. The fourth-order valence-corrected chi connectivity index (χ4v) is 12.5. The van der Waals surface area contributed by atoms with Gasteiger partial charge in [0.05, 0.1) is 0 Å². The van der Waals surface area contributed by atoms with Gasteiger partial charge in [-0.05, 0) is 171 Å². The van der Waals surface area contributed by atoms with Crippen molar-refractivity contribution in [3.8, 4) is 44.5 Å². The fourth-order valence-electron chi connectivity index (χ4n) is 12.5. The van der Waals surface area contributed by atoms with Crippen molar-refractivity contribution in [3.63, 3.8) is 0 Å². The lowest BCUT2D eigenvalue weighted by Gasteiger charge is -2.34. The molecule has 13 aromatic carbocycles. The van der Waals surface area contributed by atoms with Crippen LogP contribution in [0.1, 0.15) is 22.3 Å². The van der Waals surface area contributed by atoms with E-state index in [1.54, 1.807) is 0 Å². The number of anilines is 6. The summed E-state index contributed by atoms with van der Waals surface area (Å²) in [7, 11) is 0. The number of rotatable bonds is 6. The van der Waals surface area contributed by atoms with E-state index in [0.717, 1.165) is 24.2 Å². The first kappa shape index (κ1) is 42.2. The first-order valence-corrected chi connectivity index (χ1v) is 25.8. The van der Waals surface area contributed by atoms with Gasteiger partial charge in [0, 0.05) is 47.0 Å².